The lowest BCUT2D eigenvalue weighted by molar-refractivity contribution is -0.143. The van der Waals surface area contributed by atoms with Crippen LogP contribution in [0.2, 0.25) is 0 Å². The highest BCUT2D eigenvalue weighted by Gasteiger charge is 2.29. The van der Waals surface area contributed by atoms with E-state index in [1.165, 1.54) is 6.08 Å². The second kappa shape index (κ2) is 6.89. The van der Waals surface area contributed by atoms with Crippen LogP contribution in [0.5, 0.6) is 0 Å². The van der Waals surface area contributed by atoms with Gasteiger partial charge in [0.05, 0.1) is 12.4 Å². The van der Waals surface area contributed by atoms with E-state index in [0.717, 1.165) is 4.31 Å². The van der Waals surface area contributed by atoms with Crippen LogP contribution in [0.4, 0.5) is 0 Å². The van der Waals surface area contributed by atoms with Crippen LogP contribution in [0.1, 0.15) is 27.7 Å². The van der Waals surface area contributed by atoms with Gasteiger partial charge in [0, 0.05) is 6.54 Å². The van der Waals surface area contributed by atoms with Crippen LogP contribution in [0.3, 0.4) is 0 Å². The molecule has 0 bridgehead atoms. The lowest BCUT2D eigenvalue weighted by atomic mass is 10.0. The van der Waals surface area contributed by atoms with Crippen molar-refractivity contribution in [3.05, 3.63) is 12.7 Å². The monoisotopic (exact) mass is 277 g/mol. The molecule has 0 aliphatic carbocycles. The predicted octanol–water partition coefficient (Wildman–Crippen LogP) is 1.41. The third-order valence-electron chi connectivity index (χ3n) is 1.95. The fourth-order valence-electron chi connectivity index (χ4n) is 1.41. The summed E-state index contributed by atoms with van der Waals surface area (Å²) < 4.78 is 30.2. The number of sulfonamides is 1. The van der Waals surface area contributed by atoms with Gasteiger partial charge in [-0.2, -0.15) is 4.31 Å². The Kier molecular flexibility index (Phi) is 6.56. The molecule has 18 heavy (non-hydrogen) atoms. The van der Waals surface area contributed by atoms with Crippen molar-refractivity contribution in [2.75, 3.05) is 25.4 Å². The maximum atomic E-state index is 12.1. The van der Waals surface area contributed by atoms with Gasteiger partial charge in [-0.1, -0.05) is 26.8 Å². The fraction of sp³-hybridized carbons (Fsp3) is 0.750. The molecule has 0 heterocycles. The fourth-order valence-corrected chi connectivity index (χ4v) is 3.32. The van der Waals surface area contributed by atoms with Crippen LogP contribution in [-0.2, 0) is 19.6 Å². The van der Waals surface area contributed by atoms with Gasteiger partial charge in [0.2, 0.25) is 10.0 Å². The minimum Gasteiger partial charge on any atom is -0.465 e. The Labute approximate surface area is 110 Å². The molecule has 0 amide bonds. The zero-order valence-electron chi connectivity index (χ0n) is 11.6. The van der Waals surface area contributed by atoms with Crippen molar-refractivity contribution in [3.63, 3.8) is 0 Å². The van der Waals surface area contributed by atoms with Crippen molar-refractivity contribution in [2.24, 2.45) is 5.41 Å². The van der Waals surface area contributed by atoms with Crippen molar-refractivity contribution in [3.8, 4) is 0 Å². The number of esters is 1. The molecule has 0 saturated heterocycles. The smallest absolute Gasteiger partial charge is 0.321 e. The standard InChI is InChI=1S/C12H23NO4S/c1-6-8-13(9-11(14)17-7-2)18(15,16)10-12(3,4)5/h6H,1,7-10H2,2-5H3. The summed E-state index contributed by atoms with van der Waals surface area (Å²) in [6.45, 7) is 10.8. The minimum atomic E-state index is -3.49. The van der Waals surface area contributed by atoms with E-state index in [9.17, 15) is 13.2 Å². The van der Waals surface area contributed by atoms with Crippen LogP contribution < -0.4 is 0 Å². The molecule has 0 radical (unpaired) electrons. The first-order valence-electron chi connectivity index (χ1n) is 5.86. The molecular weight excluding hydrogens is 254 g/mol. The van der Waals surface area contributed by atoms with Crippen LogP contribution in [0.25, 0.3) is 0 Å². The number of carbonyl (C=O) groups excluding carboxylic acids is 1. The second-order valence-corrected chi connectivity index (χ2v) is 7.17. The summed E-state index contributed by atoms with van der Waals surface area (Å²) in [5.41, 5.74) is -0.368. The van der Waals surface area contributed by atoms with E-state index in [1.54, 1.807) is 6.92 Å². The minimum absolute atomic E-state index is 0.0206. The Bertz CT molecular complexity index is 381. The van der Waals surface area contributed by atoms with Gasteiger partial charge in [-0.25, -0.2) is 8.42 Å². The molecular formula is C12H23NO4S. The van der Waals surface area contributed by atoms with Crippen molar-refractivity contribution in [2.45, 2.75) is 27.7 Å². The average Bonchev–Trinajstić information content (AvgIpc) is 2.13. The first-order valence-corrected chi connectivity index (χ1v) is 7.47. The second-order valence-electron chi connectivity index (χ2n) is 5.20. The Morgan fingerprint density at radius 1 is 1.39 bits per heavy atom. The molecule has 0 aliphatic heterocycles. The summed E-state index contributed by atoms with van der Waals surface area (Å²) in [7, 11) is -3.49. The lowest BCUT2D eigenvalue weighted by Crippen LogP contribution is -2.40. The molecule has 5 nitrogen and oxygen atoms in total. The SMILES string of the molecule is C=CCN(CC(=O)OCC)S(=O)(=O)CC(C)(C)C. The van der Waals surface area contributed by atoms with Gasteiger partial charge in [0.15, 0.2) is 0 Å². The van der Waals surface area contributed by atoms with Gasteiger partial charge in [0.25, 0.3) is 0 Å². The molecule has 0 aromatic carbocycles. The first kappa shape index (κ1) is 17.1. The molecule has 0 aliphatic rings. The third-order valence-corrected chi connectivity index (χ3v) is 4.25. The Hall–Kier alpha value is -0.880. The molecule has 0 saturated carbocycles. The highest BCUT2D eigenvalue weighted by Crippen LogP contribution is 2.18. The highest BCUT2D eigenvalue weighted by atomic mass is 32.2. The third kappa shape index (κ3) is 6.76. The Morgan fingerprint density at radius 2 is 1.94 bits per heavy atom. The van der Waals surface area contributed by atoms with Crippen LogP contribution in [0, 0.1) is 5.41 Å². The molecule has 0 aromatic heterocycles. The molecule has 0 aromatic rings. The summed E-state index contributed by atoms with van der Waals surface area (Å²) in [6.07, 6.45) is 1.46. The van der Waals surface area contributed by atoms with E-state index in [-0.39, 0.29) is 30.9 Å². The van der Waals surface area contributed by atoms with Crippen molar-refractivity contribution in [1.29, 1.82) is 0 Å². The van der Waals surface area contributed by atoms with Gasteiger partial charge < -0.3 is 4.74 Å². The van der Waals surface area contributed by atoms with E-state index in [1.807, 2.05) is 20.8 Å². The summed E-state index contributed by atoms with van der Waals surface area (Å²) in [6, 6.07) is 0. The van der Waals surface area contributed by atoms with E-state index in [0.29, 0.717) is 0 Å². The average molecular weight is 277 g/mol. The first-order chi connectivity index (χ1) is 8.12. The quantitative estimate of drug-likeness (QED) is 0.521. The lowest BCUT2D eigenvalue weighted by Gasteiger charge is -2.25. The Morgan fingerprint density at radius 3 is 2.33 bits per heavy atom. The Balaban J connectivity index is 4.87. The number of carbonyl (C=O) groups is 1. The topological polar surface area (TPSA) is 63.7 Å². The number of hydrogen-bond acceptors (Lipinski definition) is 4. The predicted molar refractivity (Wildman–Crippen MR) is 71.6 cm³/mol. The number of ether oxygens (including phenoxy) is 1. The summed E-state index contributed by atoms with van der Waals surface area (Å²) in [4.78, 5) is 11.4. The van der Waals surface area contributed by atoms with Gasteiger partial charge in [-0.15, -0.1) is 6.58 Å². The summed E-state index contributed by atoms with van der Waals surface area (Å²) >= 11 is 0. The highest BCUT2D eigenvalue weighted by molar-refractivity contribution is 7.89. The summed E-state index contributed by atoms with van der Waals surface area (Å²) in [5.74, 6) is -0.565. The van der Waals surface area contributed by atoms with Crippen LogP contribution >= 0.6 is 0 Å². The molecule has 0 rings (SSSR count). The number of hydrogen-bond donors (Lipinski definition) is 0. The zero-order chi connectivity index (χ0) is 14.4. The molecule has 0 N–H and O–H groups in total. The van der Waals surface area contributed by atoms with Crippen LogP contribution in [-0.4, -0.2) is 44.1 Å². The maximum absolute atomic E-state index is 12.1. The molecule has 0 atom stereocenters. The molecule has 6 heteroatoms. The molecule has 0 spiro atoms. The van der Waals surface area contributed by atoms with Gasteiger partial charge in [-0.05, 0) is 12.3 Å². The largest absolute Gasteiger partial charge is 0.465 e. The number of rotatable bonds is 7. The van der Waals surface area contributed by atoms with Crippen molar-refractivity contribution < 1.29 is 17.9 Å². The van der Waals surface area contributed by atoms with E-state index >= 15 is 0 Å². The molecule has 0 unspecified atom stereocenters. The van der Waals surface area contributed by atoms with Crippen molar-refractivity contribution >= 4 is 16.0 Å². The number of nitrogens with zero attached hydrogens (tertiary/aromatic N) is 1. The zero-order valence-corrected chi connectivity index (χ0v) is 12.4. The summed E-state index contributed by atoms with van der Waals surface area (Å²) in [5, 5.41) is 0. The van der Waals surface area contributed by atoms with Gasteiger partial charge in [0.1, 0.15) is 6.54 Å². The van der Waals surface area contributed by atoms with Crippen molar-refractivity contribution in [1.82, 2.24) is 4.31 Å². The molecule has 106 valence electrons. The van der Waals surface area contributed by atoms with Crippen LogP contribution in [0.15, 0.2) is 12.7 Å². The normalized spacial score (nSPS) is 12.5. The van der Waals surface area contributed by atoms with E-state index < -0.39 is 16.0 Å². The molecule has 0 fully saturated rings. The maximum Gasteiger partial charge on any atom is 0.321 e. The van der Waals surface area contributed by atoms with E-state index in [2.05, 4.69) is 6.58 Å². The van der Waals surface area contributed by atoms with Gasteiger partial charge >= 0.3 is 5.97 Å². The van der Waals surface area contributed by atoms with Gasteiger partial charge in [-0.3, -0.25) is 4.79 Å². The van der Waals surface area contributed by atoms with E-state index in [4.69, 9.17) is 4.74 Å².